The third-order valence-corrected chi connectivity index (χ3v) is 4.47. The van der Waals surface area contributed by atoms with E-state index in [2.05, 4.69) is 0 Å². The highest BCUT2D eigenvalue weighted by Crippen LogP contribution is 2.34. The van der Waals surface area contributed by atoms with Crippen molar-refractivity contribution in [1.82, 2.24) is 4.90 Å². The maximum Gasteiger partial charge on any atom is 0.266 e. The minimum atomic E-state index is -1.32. The van der Waals surface area contributed by atoms with Crippen LogP contribution in [0.5, 0.6) is 0 Å². The smallest absolute Gasteiger partial charge is 0.266 e. The number of thioether (sulfide) groups is 1. The molecule has 0 spiro atoms. The lowest BCUT2D eigenvalue weighted by molar-refractivity contribution is -0.310. The van der Waals surface area contributed by atoms with Gasteiger partial charge in [0.15, 0.2) is 0 Å². The van der Waals surface area contributed by atoms with Crippen LogP contribution >= 0.6 is 24.0 Å². The molecule has 0 radical (unpaired) electrons. The summed E-state index contributed by atoms with van der Waals surface area (Å²) >= 11 is 6.15. The fourth-order valence-electron chi connectivity index (χ4n) is 2.08. The quantitative estimate of drug-likeness (QED) is 0.607. The van der Waals surface area contributed by atoms with Crippen molar-refractivity contribution in [3.8, 4) is 0 Å². The second-order valence-electron chi connectivity index (χ2n) is 4.73. The molecule has 0 aliphatic carbocycles. The standard InChI is InChI=1S/C15H14FNO3S2/c1-2-3-11(14(19)20)17-13(18)12(22-15(17)21)8-9-4-6-10(16)7-5-9/h4-8,11H,2-3H2,1H3,(H,19,20)/p-1/b12-8-. The van der Waals surface area contributed by atoms with Gasteiger partial charge in [-0.1, -0.05) is 49.5 Å². The Balaban J connectivity index is 2.27. The summed E-state index contributed by atoms with van der Waals surface area (Å²) in [5, 5.41) is 11.2. The van der Waals surface area contributed by atoms with Crippen LogP contribution in [0.4, 0.5) is 4.39 Å². The zero-order valence-corrected chi connectivity index (χ0v) is 13.4. The lowest BCUT2D eigenvalue weighted by atomic mass is 10.1. The molecule has 1 atom stereocenters. The Kier molecular flexibility index (Phi) is 5.31. The molecule has 1 saturated heterocycles. The zero-order valence-electron chi connectivity index (χ0n) is 11.7. The van der Waals surface area contributed by atoms with Crippen molar-refractivity contribution in [2.45, 2.75) is 25.8 Å². The van der Waals surface area contributed by atoms with Gasteiger partial charge in [-0.05, 0) is 30.2 Å². The number of rotatable bonds is 5. The number of carbonyl (C=O) groups is 2. The van der Waals surface area contributed by atoms with Gasteiger partial charge in [0.05, 0.1) is 16.9 Å². The summed E-state index contributed by atoms with van der Waals surface area (Å²) in [6.07, 6.45) is 2.43. The van der Waals surface area contributed by atoms with Crippen LogP contribution in [0, 0.1) is 5.82 Å². The van der Waals surface area contributed by atoms with Crippen LogP contribution in [0.2, 0.25) is 0 Å². The van der Waals surface area contributed by atoms with Gasteiger partial charge in [-0.25, -0.2) is 4.39 Å². The molecule has 4 nitrogen and oxygen atoms in total. The minimum Gasteiger partial charge on any atom is -0.548 e. The van der Waals surface area contributed by atoms with Crippen LogP contribution < -0.4 is 5.11 Å². The fraction of sp³-hybridized carbons (Fsp3) is 0.267. The van der Waals surface area contributed by atoms with Crippen molar-refractivity contribution in [1.29, 1.82) is 0 Å². The lowest BCUT2D eigenvalue weighted by Gasteiger charge is -2.27. The predicted octanol–water partition coefficient (Wildman–Crippen LogP) is 1.95. The van der Waals surface area contributed by atoms with Gasteiger partial charge >= 0.3 is 0 Å². The molecule has 0 saturated carbocycles. The summed E-state index contributed by atoms with van der Waals surface area (Å²) < 4.78 is 13.1. The molecule has 116 valence electrons. The summed E-state index contributed by atoms with van der Waals surface area (Å²) in [6.45, 7) is 1.82. The third-order valence-electron chi connectivity index (χ3n) is 3.14. The van der Waals surface area contributed by atoms with Gasteiger partial charge in [-0.3, -0.25) is 9.69 Å². The first-order valence-electron chi connectivity index (χ1n) is 6.67. The van der Waals surface area contributed by atoms with Crippen LogP contribution in [0.25, 0.3) is 6.08 Å². The summed E-state index contributed by atoms with van der Waals surface area (Å²) in [6, 6.07) is 4.58. The molecule has 2 rings (SSSR count). The second-order valence-corrected chi connectivity index (χ2v) is 6.40. The summed E-state index contributed by atoms with van der Waals surface area (Å²) in [4.78, 5) is 25.0. The van der Waals surface area contributed by atoms with E-state index >= 15 is 0 Å². The third kappa shape index (κ3) is 3.53. The van der Waals surface area contributed by atoms with Gasteiger partial charge in [-0.15, -0.1) is 0 Å². The topological polar surface area (TPSA) is 60.4 Å². The summed E-state index contributed by atoms with van der Waals surface area (Å²) in [7, 11) is 0. The van der Waals surface area contributed by atoms with E-state index < -0.39 is 17.9 Å². The Labute approximate surface area is 137 Å². The fourth-order valence-corrected chi connectivity index (χ4v) is 3.44. The number of amides is 1. The molecule has 0 bridgehead atoms. The molecule has 1 aliphatic rings. The molecule has 1 unspecified atom stereocenters. The first-order valence-corrected chi connectivity index (χ1v) is 7.90. The second kappa shape index (κ2) is 7.02. The van der Waals surface area contributed by atoms with Crippen LogP contribution in [0.1, 0.15) is 25.3 Å². The van der Waals surface area contributed by atoms with E-state index in [-0.39, 0.29) is 16.6 Å². The van der Waals surface area contributed by atoms with E-state index in [1.165, 1.54) is 24.3 Å². The molecule has 0 N–H and O–H groups in total. The molecule has 1 amide bonds. The Morgan fingerprint density at radius 2 is 2.09 bits per heavy atom. The average molecular weight is 338 g/mol. The van der Waals surface area contributed by atoms with Crippen LogP contribution in [0.15, 0.2) is 29.2 Å². The number of halogens is 1. The average Bonchev–Trinajstić information content (AvgIpc) is 2.73. The zero-order chi connectivity index (χ0) is 16.3. The van der Waals surface area contributed by atoms with Crippen LogP contribution in [-0.2, 0) is 9.59 Å². The number of carboxylic acid groups (broad SMARTS) is 1. The van der Waals surface area contributed by atoms with E-state index in [1.54, 1.807) is 6.08 Å². The van der Waals surface area contributed by atoms with E-state index in [4.69, 9.17) is 12.2 Å². The van der Waals surface area contributed by atoms with Crippen LogP contribution in [0.3, 0.4) is 0 Å². The monoisotopic (exact) mass is 338 g/mol. The van der Waals surface area contributed by atoms with Crippen molar-refractivity contribution in [3.63, 3.8) is 0 Å². The lowest BCUT2D eigenvalue weighted by Crippen LogP contribution is -2.49. The number of thiocarbonyl (C=S) groups is 1. The number of nitrogens with zero attached hydrogens (tertiary/aromatic N) is 1. The Morgan fingerprint density at radius 3 is 2.64 bits per heavy atom. The molecule has 22 heavy (non-hydrogen) atoms. The van der Waals surface area contributed by atoms with Gasteiger partial charge in [-0.2, -0.15) is 0 Å². The van der Waals surface area contributed by atoms with Crippen molar-refractivity contribution in [2.75, 3.05) is 0 Å². The van der Waals surface area contributed by atoms with Crippen molar-refractivity contribution >= 4 is 46.3 Å². The van der Waals surface area contributed by atoms with Crippen molar-refractivity contribution < 1.29 is 19.1 Å². The number of aliphatic carboxylic acids is 1. The molecule has 1 heterocycles. The highest BCUT2D eigenvalue weighted by molar-refractivity contribution is 8.26. The maximum absolute atomic E-state index is 12.9. The van der Waals surface area contributed by atoms with Gasteiger partial charge in [0, 0.05) is 0 Å². The Hall–Kier alpha value is -1.73. The first kappa shape index (κ1) is 16.6. The predicted molar refractivity (Wildman–Crippen MR) is 85.1 cm³/mol. The van der Waals surface area contributed by atoms with Crippen molar-refractivity contribution in [3.05, 3.63) is 40.6 Å². The SMILES string of the molecule is CCCC(C(=O)[O-])N1C(=O)/C(=C/c2ccc(F)cc2)SC1=S. The van der Waals surface area contributed by atoms with Crippen LogP contribution in [-0.4, -0.2) is 27.1 Å². The minimum absolute atomic E-state index is 0.195. The van der Waals surface area contributed by atoms with Crippen molar-refractivity contribution in [2.24, 2.45) is 0 Å². The molecule has 0 aromatic heterocycles. The summed E-state index contributed by atoms with van der Waals surface area (Å²) in [5.74, 6) is -2.15. The van der Waals surface area contributed by atoms with E-state index in [0.29, 0.717) is 16.9 Å². The largest absolute Gasteiger partial charge is 0.548 e. The molecule has 1 aliphatic heterocycles. The van der Waals surface area contributed by atoms with Gasteiger partial charge in [0.25, 0.3) is 5.91 Å². The molecule has 1 fully saturated rings. The highest BCUT2D eigenvalue weighted by atomic mass is 32.2. The van der Waals surface area contributed by atoms with E-state index in [1.807, 2.05) is 6.92 Å². The van der Waals surface area contributed by atoms with Gasteiger partial charge < -0.3 is 9.90 Å². The number of hydrogen-bond acceptors (Lipinski definition) is 5. The van der Waals surface area contributed by atoms with Gasteiger partial charge in [0.1, 0.15) is 10.1 Å². The Morgan fingerprint density at radius 1 is 1.45 bits per heavy atom. The van der Waals surface area contributed by atoms with E-state index in [9.17, 15) is 19.1 Å². The molecule has 1 aromatic carbocycles. The van der Waals surface area contributed by atoms with Gasteiger partial charge in [0.2, 0.25) is 0 Å². The number of carbonyl (C=O) groups excluding carboxylic acids is 2. The number of hydrogen-bond donors (Lipinski definition) is 0. The molecule has 1 aromatic rings. The maximum atomic E-state index is 12.9. The highest BCUT2D eigenvalue weighted by Gasteiger charge is 2.37. The normalized spacial score (nSPS) is 18.1. The number of benzene rings is 1. The number of carboxylic acids is 1. The Bertz CT molecular complexity index is 643. The first-order chi connectivity index (χ1) is 10.4. The molecular formula is C15H13FNO3S2-. The van der Waals surface area contributed by atoms with E-state index in [0.717, 1.165) is 16.7 Å². The molecular weight excluding hydrogens is 325 g/mol. The molecule has 7 heteroatoms. The summed E-state index contributed by atoms with van der Waals surface area (Å²) in [5.41, 5.74) is 0.641.